The molecule has 4 aromatic rings. The van der Waals surface area contributed by atoms with Gasteiger partial charge < -0.3 is 19.5 Å². The first kappa shape index (κ1) is 26.4. The van der Waals surface area contributed by atoms with Crippen molar-refractivity contribution in [3.63, 3.8) is 0 Å². The number of carbonyl (C=O) groups excluding carboxylic acids is 2. The second kappa shape index (κ2) is 9.52. The highest BCUT2D eigenvalue weighted by Gasteiger charge is 2.44. The minimum absolute atomic E-state index is 0.0175. The first-order valence-corrected chi connectivity index (χ1v) is 12.9. The van der Waals surface area contributed by atoms with Crippen molar-refractivity contribution in [3.8, 4) is 5.75 Å². The highest BCUT2D eigenvalue weighted by atomic mass is 16.5. The molecule has 202 valence electrons. The summed E-state index contributed by atoms with van der Waals surface area (Å²) >= 11 is 0. The summed E-state index contributed by atoms with van der Waals surface area (Å²) < 4.78 is 17.0. The second-order valence-electron chi connectivity index (χ2n) is 11.7. The van der Waals surface area contributed by atoms with E-state index in [2.05, 4.69) is 26.1 Å². The Balaban J connectivity index is 1.87. The van der Waals surface area contributed by atoms with Gasteiger partial charge in [-0.15, -0.1) is 0 Å². The number of aromatic nitrogens is 2. The number of fused-ring (bicyclic) bond motifs is 7. The predicted molar refractivity (Wildman–Crippen MR) is 150 cm³/mol. The van der Waals surface area contributed by atoms with Crippen molar-refractivity contribution in [1.29, 1.82) is 0 Å². The van der Waals surface area contributed by atoms with Gasteiger partial charge in [0.15, 0.2) is 0 Å². The van der Waals surface area contributed by atoms with E-state index in [9.17, 15) is 9.59 Å². The Bertz CT molecular complexity index is 1670. The average molecular weight is 528 g/mol. The van der Waals surface area contributed by atoms with E-state index in [0.29, 0.717) is 27.9 Å². The number of rotatable bonds is 5. The number of methoxy groups -OCH3 is 2. The fraction of sp³-hybridized carbons (Fsp3) is 0.355. The van der Waals surface area contributed by atoms with Crippen LogP contribution in [0.5, 0.6) is 5.75 Å². The summed E-state index contributed by atoms with van der Waals surface area (Å²) in [7, 11) is 2.58. The first-order valence-electron chi connectivity index (χ1n) is 12.9. The third-order valence-electron chi connectivity index (χ3n) is 6.79. The Labute approximate surface area is 227 Å². The van der Waals surface area contributed by atoms with Crippen LogP contribution in [0, 0.1) is 5.41 Å². The van der Waals surface area contributed by atoms with Gasteiger partial charge in [-0.3, -0.25) is 4.79 Å². The van der Waals surface area contributed by atoms with E-state index in [1.807, 2.05) is 62.4 Å². The van der Waals surface area contributed by atoms with Crippen molar-refractivity contribution in [2.75, 3.05) is 14.2 Å². The van der Waals surface area contributed by atoms with Crippen molar-refractivity contribution in [1.82, 2.24) is 15.3 Å². The van der Waals surface area contributed by atoms with Crippen molar-refractivity contribution in [2.24, 2.45) is 5.41 Å². The Morgan fingerprint density at radius 1 is 0.872 bits per heavy atom. The standard InChI is InChI=1S/C31H33N3O5/c1-30(2,3)16-31(4,5)34-27-23(29(36)38-7)21(28(35)37-6)22-25-24(32-19-14-10-11-15-20(19)33-25)17-12-8-9-13-18(17)26(22)39-27/h8-15,21,34H,16H2,1-7H3. The van der Waals surface area contributed by atoms with E-state index in [0.717, 1.165) is 22.7 Å². The molecule has 8 nitrogen and oxygen atoms in total. The fourth-order valence-electron chi connectivity index (χ4n) is 5.77. The average Bonchev–Trinajstić information content (AvgIpc) is 2.89. The van der Waals surface area contributed by atoms with Gasteiger partial charge in [0.25, 0.3) is 0 Å². The second-order valence-corrected chi connectivity index (χ2v) is 11.7. The van der Waals surface area contributed by atoms with Crippen LogP contribution in [0.2, 0.25) is 0 Å². The van der Waals surface area contributed by atoms with Gasteiger partial charge >= 0.3 is 11.9 Å². The summed E-state index contributed by atoms with van der Waals surface area (Å²) in [6.45, 7) is 10.5. The van der Waals surface area contributed by atoms with Gasteiger partial charge in [0, 0.05) is 21.9 Å². The van der Waals surface area contributed by atoms with Gasteiger partial charge in [0.2, 0.25) is 5.88 Å². The molecule has 1 atom stereocenters. The Kier molecular flexibility index (Phi) is 6.45. The number of hydrogen-bond acceptors (Lipinski definition) is 8. The summed E-state index contributed by atoms with van der Waals surface area (Å²) in [4.78, 5) is 36.8. The van der Waals surface area contributed by atoms with Crippen molar-refractivity contribution in [3.05, 3.63) is 65.6 Å². The van der Waals surface area contributed by atoms with Crippen molar-refractivity contribution in [2.45, 2.75) is 52.5 Å². The van der Waals surface area contributed by atoms with Crippen LogP contribution in [0.15, 0.2) is 60.0 Å². The summed E-state index contributed by atoms with van der Waals surface area (Å²) in [5, 5.41) is 4.99. The molecule has 1 aliphatic rings. The molecule has 0 amide bonds. The normalized spacial score (nSPS) is 15.7. The molecule has 0 fully saturated rings. The molecular weight excluding hydrogens is 494 g/mol. The number of hydrogen-bond donors (Lipinski definition) is 1. The van der Waals surface area contributed by atoms with Crippen LogP contribution in [0.25, 0.3) is 32.8 Å². The van der Waals surface area contributed by atoms with Gasteiger partial charge in [-0.1, -0.05) is 57.2 Å². The van der Waals surface area contributed by atoms with Crippen molar-refractivity contribution < 1.29 is 23.8 Å². The molecule has 39 heavy (non-hydrogen) atoms. The Morgan fingerprint density at radius 2 is 1.46 bits per heavy atom. The molecule has 5 rings (SSSR count). The van der Waals surface area contributed by atoms with Crippen LogP contribution in [0.4, 0.5) is 0 Å². The number of nitrogens with one attached hydrogen (secondary N) is 1. The maximum absolute atomic E-state index is 13.5. The lowest BCUT2D eigenvalue weighted by Gasteiger charge is -2.37. The minimum Gasteiger partial charge on any atom is -0.468 e. The third kappa shape index (κ3) is 4.75. The lowest BCUT2D eigenvalue weighted by Crippen LogP contribution is -2.45. The fourth-order valence-corrected chi connectivity index (χ4v) is 5.77. The van der Waals surface area contributed by atoms with E-state index in [1.165, 1.54) is 14.2 Å². The zero-order chi connectivity index (χ0) is 28.1. The maximum Gasteiger partial charge on any atom is 0.340 e. The van der Waals surface area contributed by atoms with E-state index in [4.69, 9.17) is 24.2 Å². The molecule has 1 unspecified atom stereocenters. The molecule has 0 aliphatic carbocycles. The van der Waals surface area contributed by atoms with E-state index in [-0.39, 0.29) is 16.9 Å². The molecule has 0 radical (unpaired) electrons. The smallest absolute Gasteiger partial charge is 0.340 e. The van der Waals surface area contributed by atoms with E-state index >= 15 is 0 Å². The van der Waals surface area contributed by atoms with Gasteiger partial charge in [0.1, 0.15) is 17.2 Å². The van der Waals surface area contributed by atoms with E-state index in [1.54, 1.807) is 0 Å². The number of carbonyl (C=O) groups is 2. The molecule has 0 bridgehead atoms. The van der Waals surface area contributed by atoms with Crippen LogP contribution in [0.1, 0.15) is 52.5 Å². The van der Waals surface area contributed by atoms with Crippen LogP contribution in [-0.2, 0) is 19.1 Å². The summed E-state index contributed by atoms with van der Waals surface area (Å²) in [6.07, 6.45) is 0.757. The van der Waals surface area contributed by atoms with Gasteiger partial charge in [0.05, 0.1) is 36.3 Å². The number of para-hydroxylation sites is 2. The van der Waals surface area contributed by atoms with Crippen LogP contribution in [-0.4, -0.2) is 41.7 Å². The first-order chi connectivity index (χ1) is 18.4. The third-order valence-corrected chi connectivity index (χ3v) is 6.79. The molecular formula is C31H33N3O5. The highest BCUT2D eigenvalue weighted by molar-refractivity contribution is 6.14. The molecule has 0 saturated carbocycles. The molecule has 1 aromatic heterocycles. The molecule has 8 heteroatoms. The zero-order valence-corrected chi connectivity index (χ0v) is 23.3. The lowest BCUT2D eigenvalue weighted by atomic mass is 9.81. The Hall–Kier alpha value is -4.20. The molecule has 1 aliphatic heterocycles. The summed E-state index contributed by atoms with van der Waals surface area (Å²) in [5.74, 6) is -1.88. The maximum atomic E-state index is 13.5. The van der Waals surface area contributed by atoms with Crippen LogP contribution >= 0.6 is 0 Å². The molecule has 0 spiro atoms. The Morgan fingerprint density at radius 3 is 2.05 bits per heavy atom. The molecule has 0 saturated heterocycles. The van der Waals surface area contributed by atoms with Gasteiger partial charge in [-0.05, 0) is 37.8 Å². The summed E-state index contributed by atoms with van der Waals surface area (Å²) in [6, 6.07) is 15.2. The quantitative estimate of drug-likeness (QED) is 0.198. The SMILES string of the molecule is COC(=O)C1=C(NC(C)(C)CC(C)(C)C)Oc2c(c3nc4ccccc4nc3c3ccccc23)C1C(=O)OC. The molecule has 1 N–H and O–H groups in total. The summed E-state index contributed by atoms with van der Waals surface area (Å²) in [5.41, 5.74) is 2.39. The molecule has 2 heterocycles. The molecule has 3 aromatic carbocycles. The van der Waals surface area contributed by atoms with Gasteiger partial charge in [-0.25, -0.2) is 14.8 Å². The van der Waals surface area contributed by atoms with Gasteiger partial charge in [-0.2, -0.15) is 0 Å². The van der Waals surface area contributed by atoms with E-state index < -0.39 is 23.4 Å². The number of nitrogens with zero attached hydrogens (tertiary/aromatic N) is 2. The van der Waals surface area contributed by atoms with Crippen LogP contribution in [0.3, 0.4) is 0 Å². The van der Waals surface area contributed by atoms with Crippen molar-refractivity contribution >= 4 is 44.8 Å². The topological polar surface area (TPSA) is 99.6 Å². The largest absolute Gasteiger partial charge is 0.468 e. The number of esters is 2. The number of ether oxygens (including phenoxy) is 3. The highest BCUT2D eigenvalue weighted by Crippen LogP contribution is 2.48. The monoisotopic (exact) mass is 527 g/mol. The minimum atomic E-state index is -1.15. The number of benzene rings is 3. The predicted octanol–water partition coefficient (Wildman–Crippen LogP) is 5.77. The van der Waals surface area contributed by atoms with Crippen LogP contribution < -0.4 is 10.1 Å². The lowest BCUT2D eigenvalue weighted by molar-refractivity contribution is -0.145. The zero-order valence-electron chi connectivity index (χ0n) is 23.3.